The summed E-state index contributed by atoms with van der Waals surface area (Å²) in [5.74, 6) is 0.714. The number of aryl methyl sites for hydroxylation is 2. The number of carbonyl (C=O) groups is 1. The molecule has 1 aliphatic rings. The summed E-state index contributed by atoms with van der Waals surface area (Å²) in [6.45, 7) is 7.93. The minimum Gasteiger partial charge on any atom is -0.355 e. The van der Waals surface area contributed by atoms with Gasteiger partial charge in [-0.05, 0) is 38.3 Å². The average molecular weight is 354 g/mol. The van der Waals surface area contributed by atoms with E-state index in [1.165, 1.54) is 0 Å². The van der Waals surface area contributed by atoms with Crippen LogP contribution in [0, 0.1) is 13.8 Å². The highest BCUT2D eigenvalue weighted by molar-refractivity contribution is 5.91. The van der Waals surface area contributed by atoms with Gasteiger partial charge in [-0.2, -0.15) is 0 Å². The number of hydrogen-bond acceptors (Lipinski definition) is 6. The number of pyridine rings is 1. The molecular weight excluding hydrogens is 328 g/mol. The zero-order valence-corrected chi connectivity index (χ0v) is 15.6. The summed E-state index contributed by atoms with van der Waals surface area (Å²) in [5, 5.41) is 2.89. The number of nitrogens with one attached hydrogen (secondary N) is 1. The van der Waals surface area contributed by atoms with E-state index in [1.54, 1.807) is 6.20 Å². The predicted octanol–water partition coefficient (Wildman–Crippen LogP) is 1.52. The third-order valence-electron chi connectivity index (χ3n) is 4.87. The van der Waals surface area contributed by atoms with Gasteiger partial charge >= 0.3 is 0 Å². The van der Waals surface area contributed by atoms with Crippen LogP contribution in [0.25, 0.3) is 0 Å². The summed E-state index contributed by atoms with van der Waals surface area (Å²) >= 11 is 0. The van der Waals surface area contributed by atoms with E-state index in [4.69, 9.17) is 5.73 Å². The van der Waals surface area contributed by atoms with Gasteiger partial charge in [-0.1, -0.05) is 13.0 Å². The van der Waals surface area contributed by atoms with Crippen LogP contribution in [0.1, 0.15) is 46.5 Å². The van der Waals surface area contributed by atoms with Gasteiger partial charge in [0.05, 0.1) is 12.2 Å². The lowest BCUT2D eigenvalue weighted by atomic mass is 10.1. The van der Waals surface area contributed by atoms with E-state index in [1.807, 2.05) is 26.0 Å². The largest absolute Gasteiger partial charge is 0.355 e. The first-order chi connectivity index (χ1) is 12.5. The van der Waals surface area contributed by atoms with Gasteiger partial charge in [0.1, 0.15) is 5.82 Å². The van der Waals surface area contributed by atoms with Gasteiger partial charge < -0.3 is 16.0 Å². The lowest BCUT2D eigenvalue weighted by Crippen LogP contribution is -2.30. The highest BCUT2D eigenvalue weighted by atomic mass is 16.2. The molecule has 3 N–H and O–H groups in total. The van der Waals surface area contributed by atoms with Crippen molar-refractivity contribution >= 4 is 11.7 Å². The maximum Gasteiger partial charge on any atom is 0.289 e. The zero-order chi connectivity index (χ0) is 18.7. The Bertz CT molecular complexity index is 807. The summed E-state index contributed by atoms with van der Waals surface area (Å²) < 4.78 is 0. The number of hydrogen-bond donors (Lipinski definition) is 2. The Morgan fingerprint density at radius 2 is 2.19 bits per heavy atom. The Morgan fingerprint density at radius 1 is 1.38 bits per heavy atom. The van der Waals surface area contributed by atoms with Crippen molar-refractivity contribution in [2.75, 3.05) is 18.0 Å². The Balaban J connectivity index is 1.78. The summed E-state index contributed by atoms with van der Waals surface area (Å²) in [7, 11) is 0. The number of nitrogens with zero attached hydrogens (tertiary/aromatic N) is 4. The van der Waals surface area contributed by atoms with Crippen molar-refractivity contribution in [3.63, 3.8) is 0 Å². The Kier molecular flexibility index (Phi) is 5.46. The smallest absolute Gasteiger partial charge is 0.289 e. The first-order valence-corrected chi connectivity index (χ1v) is 9.06. The quantitative estimate of drug-likeness (QED) is 0.845. The van der Waals surface area contributed by atoms with Gasteiger partial charge in [-0.25, -0.2) is 9.97 Å². The molecule has 0 aliphatic carbocycles. The standard InChI is InChI=1S/C19H26N6O/c1-4-14-6-5-8-21-16(14)10-22-19(26)17-23-13(3)12(2)18(24-17)25-9-7-15(20)11-25/h5-6,8,15H,4,7,9-11,20H2,1-3H3,(H,22,26)/t15-/m1/s1. The number of amides is 1. The fraction of sp³-hybridized carbons (Fsp3) is 0.474. The molecule has 1 fully saturated rings. The van der Waals surface area contributed by atoms with Crippen LogP contribution in [-0.2, 0) is 13.0 Å². The number of anilines is 1. The third-order valence-corrected chi connectivity index (χ3v) is 4.87. The fourth-order valence-electron chi connectivity index (χ4n) is 3.20. The first kappa shape index (κ1) is 18.3. The molecule has 3 rings (SSSR count). The van der Waals surface area contributed by atoms with Crippen LogP contribution >= 0.6 is 0 Å². The van der Waals surface area contributed by atoms with E-state index in [-0.39, 0.29) is 17.8 Å². The Labute approximate surface area is 154 Å². The lowest BCUT2D eigenvalue weighted by Gasteiger charge is -2.20. The molecule has 1 saturated heterocycles. The molecule has 1 aliphatic heterocycles. The monoisotopic (exact) mass is 354 g/mol. The molecule has 2 aromatic heterocycles. The molecule has 3 heterocycles. The van der Waals surface area contributed by atoms with E-state index in [0.29, 0.717) is 6.54 Å². The zero-order valence-electron chi connectivity index (χ0n) is 15.6. The lowest BCUT2D eigenvalue weighted by molar-refractivity contribution is 0.0939. The van der Waals surface area contributed by atoms with Crippen LogP contribution < -0.4 is 16.0 Å². The van der Waals surface area contributed by atoms with E-state index >= 15 is 0 Å². The number of carbonyl (C=O) groups excluding carboxylic acids is 1. The Hall–Kier alpha value is -2.54. The average Bonchev–Trinajstić information content (AvgIpc) is 3.08. The SMILES string of the molecule is CCc1cccnc1CNC(=O)c1nc(C)c(C)c(N2CC[C@@H](N)C2)n1. The molecule has 1 atom stereocenters. The summed E-state index contributed by atoms with van der Waals surface area (Å²) in [6, 6.07) is 4.08. The third kappa shape index (κ3) is 3.83. The summed E-state index contributed by atoms with van der Waals surface area (Å²) in [5.41, 5.74) is 9.82. The van der Waals surface area contributed by atoms with Crippen LogP contribution in [0.2, 0.25) is 0 Å². The second-order valence-electron chi connectivity index (χ2n) is 6.72. The molecule has 0 aromatic carbocycles. The van der Waals surface area contributed by atoms with E-state index in [0.717, 1.165) is 54.3 Å². The molecule has 2 aromatic rings. The summed E-state index contributed by atoms with van der Waals surface area (Å²) in [4.78, 5) is 28.0. The van der Waals surface area contributed by atoms with E-state index in [2.05, 4.69) is 32.1 Å². The molecule has 0 radical (unpaired) electrons. The normalized spacial score (nSPS) is 16.8. The van der Waals surface area contributed by atoms with Gasteiger partial charge in [-0.15, -0.1) is 0 Å². The first-order valence-electron chi connectivity index (χ1n) is 9.06. The van der Waals surface area contributed by atoms with Crippen molar-refractivity contribution in [3.05, 3.63) is 46.7 Å². The van der Waals surface area contributed by atoms with E-state index in [9.17, 15) is 4.79 Å². The van der Waals surface area contributed by atoms with Crippen LogP contribution in [0.5, 0.6) is 0 Å². The van der Waals surface area contributed by atoms with Crippen molar-refractivity contribution in [1.82, 2.24) is 20.3 Å². The second kappa shape index (κ2) is 7.78. The minimum atomic E-state index is -0.287. The molecule has 0 unspecified atom stereocenters. The van der Waals surface area contributed by atoms with Crippen molar-refractivity contribution < 1.29 is 4.79 Å². The number of nitrogens with two attached hydrogens (primary N) is 1. The van der Waals surface area contributed by atoms with Crippen molar-refractivity contribution in [1.29, 1.82) is 0 Å². The van der Waals surface area contributed by atoms with Crippen LogP contribution in [-0.4, -0.2) is 40.0 Å². The molecule has 1 amide bonds. The van der Waals surface area contributed by atoms with Gasteiger partial charge in [0.2, 0.25) is 5.82 Å². The molecular formula is C19H26N6O. The summed E-state index contributed by atoms with van der Waals surface area (Å²) in [6.07, 6.45) is 3.55. The molecule has 138 valence electrons. The predicted molar refractivity (Wildman–Crippen MR) is 101 cm³/mol. The Morgan fingerprint density at radius 3 is 2.88 bits per heavy atom. The molecule has 0 bridgehead atoms. The number of aromatic nitrogens is 3. The van der Waals surface area contributed by atoms with Gasteiger partial charge in [-0.3, -0.25) is 9.78 Å². The molecule has 0 spiro atoms. The second-order valence-corrected chi connectivity index (χ2v) is 6.72. The van der Waals surface area contributed by atoms with Crippen molar-refractivity contribution in [3.8, 4) is 0 Å². The molecule has 26 heavy (non-hydrogen) atoms. The van der Waals surface area contributed by atoms with E-state index < -0.39 is 0 Å². The van der Waals surface area contributed by atoms with Crippen LogP contribution in [0.3, 0.4) is 0 Å². The topological polar surface area (TPSA) is 97.0 Å². The highest BCUT2D eigenvalue weighted by Gasteiger charge is 2.24. The minimum absolute atomic E-state index is 0.151. The van der Waals surface area contributed by atoms with Gasteiger partial charge in [0, 0.05) is 36.6 Å². The van der Waals surface area contributed by atoms with Crippen LogP contribution in [0.15, 0.2) is 18.3 Å². The molecule has 7 nitrogen and oxygen atoms in total. The molecule has 7 heteroatoms. The van der Waals surface area contributed by atoms with Crippen LogP contribution in [0.4, 0.5) is 5.82 Å². The molecule has 0 saturated carbocycles. The maximum atomic E-state index is 12.6. The van der Waals surface area contributed by atoms with Crippen molar-refractivity contribution in [2.24, 2.45) is 5.73 Å². The highest BCUT2D eigenvalue weighted by Crippen LogP contribution is 2.23. The maximum absolute atomic E-state index is 12.6. The van der Waals surface area contributed by atoms with Gasteiger partial charge in [0.25, 0.3) is 5.91 Å². The van der Waals surface area contributed by atoms with Crippen molar-refractivity contribution in [2.45, 2.75) is 46.2 Å². The number of rotatable bonds is 5. The fourth-order valence-corrected chi connectivity index (χ4v) is 3.20. The van der Waals surface area contributed by atoms with Gasteiger partial charge in [0.15, 0.2) is 0 Å².